The number of amides is 1. The number of hydrogen-bond acceptors (Lipinski definition) is 4. The first kappa shape index (κ1) is 11.9. The number of hydrazone groups is 1. The highest BCUT2D eigenvalue weighted by molar-refractivity contribution is 5.99. The molecule has 1 N–H and O–H groups in total. The van der Waals surface area contributed by atoms with E-state index >= 15 is 0 Å². The number of carbonyl (C=O) groups excluding carboxylic acids is 1. The van der Waals surface area contributed by atoms with Gasteiger partial charge in [0.15, 0.2) is 0 Å². The van der Waals surface area contributed by atoms with Crippen molar-refractivity contribution in [2.24, 2.45) is 5.10 Å². The topological polar surface area (TPSA) is 67.2 Å². The van der Waals surface area contributed by atoms with Gasteiger partial charge in [-0.05, 0) is 31.2 Å². The molecule has 5 nitrogen and oxygen atoms in total. The van der Waals surface area contributed by atoms with Gasteiger partial charge in [0.25, 0.3) is 5.91 Å². The van der Waals surface area contributed by atoms with Gasteiger partial charge in [-0.1, -0.05) is 12.1 Å². The highest BCUT2D eigenvalue weighted by Crippen LogP contribution is 1.96. The minimum absolute atomic E-state index is 0.329. The largest absolute Gasteiger partial charge is 0.289 e. The van der Waals surface area contributed by atoms with Crippen LogP contribution in [0.15, 0.2) is 53.9 Å². The Labute approximate surface area is 105 Å². The summed E-state index contributed by atoms with van der Waals surface area (Å²) in [5.74, 6) is -0.342. The first-order valence-electron chi connectivity index (χ1n) is 5.44. The van der Waals surface area contributed by atoms with Gasteiger partial charge in [0.1, 0.15) is 5.69 Å². The van der Waals surface area contributed by atoms with Gasteiger partial charge in [-0.3, -0.25) is 14.8 Å². The molecule has 0 aliphatic heterocycles. The lowest BCUT2D eigenvalue weighted by molar-refractivity contribution is 0.0950. The second-order valence-electron chi connectivity index (χ2n) is 3.57. The smallest absolute Gasteiger partial charge is 0.266 e. The summed E-state index contributed by atoms with van der Waals surface area (Å²) in [4.78, 5) is 19.7. The zero-order valence-electron chi connectivity index (χ0n) is 9.87. The van der Waals surface area contributed by atoms with Crippen molar-refractivity contribution in [3.8, 4) is 0 Å². The molecular weight excluding hydrogens is 228 g/mol. The first-order valence-corrected chi connectivity index (χ1v) is 5.44. The monoisotopic (exact) mass is 240 g/mol. The minimum Gasteiger partial charge on any atom is -0.266 e. The maximum atomic E-state index is 11.7. The van der Waals surface area contributed by atoms with Crippen LogP contribution < -0.4 is 5.43 Å². The SMILES string of the molecule is C/C(=N/NC(=O)c1ccccn1)c1ccccn1. The van der Waals surface area contributed by atoms with Crippen molar-refractivity contribution in [1.82, 2.24) is 15.4 Å². The molecular formula is C13H12N4O. The van der Waals surface area contributed by atoms with E-state index in [0.717, 1.165) is 5.69 Å². The lowest BCUT2D eigenvalue weighted by Crippen LogP contribution is -2.20. The summed E-state index contributed by atoms with van der Waals surface area (Å²) in [6, 6.07) is 10.6. The van der Waals surface area contributed by atoms with E-state index in [1.54, 1.807) is 37.5 Å². The standard InChI is InChI=1S/C13H12N4O/c1-10(11-6-2-4-8-14-11)16-17-13(18)12-7-3-5-9-15-12/h2-9H,1H3,(H,17,18)/b16-10-. The second-order valence-corrected chi connectivity index (χ2v) is 3.57. The fourth-order valence-corrected chi connectivity index (χ4v) is 1.32. The Kier molecular flexibility index (Phi) is 3.76. The van der Waals surface area contributed by atoms with Crippen molar-refractivity contribution >= 4 is 11.6 Å². The number of carbonyl (C=O) groups is 1. The average Bonchev–Trinajstić information content (AvgIpc) is 2.46. The Bertz CT molecular complexity index is 552. The van der Waals surface area contributed by atoms with Crippen LogP contribution in [0.5, 0.6) is 0 Å². The van der Waals surface area contributed by atoms with Gasteiger partial charge in [-0.15, -0.1) is 0 Å². The third-order valence-electron chi connectivity index (χ3n) is 2.26. The molecule has 2 rings (SSSR count). The molecule has 0 radical (unpaired) electrons. The molecule has 5 heteroatoms. The van der Waals surface area contributed by atoms with Gasteiger partial charge < -0.3 is 0 Å². The summed E-state index contributed by atoms with van der Waals surface area (Å²) >= 11 is 0. The summed E-state index contributed by atoms with van der Waals surface area (Å²) in [6.07, 6.45) is 3.24. The molecule has 90 valence electrons. The van der Waals surface area contributed by atoms with Crippen LogP contribution in [0, 0.1) is 0 Å². The minimum atomic E-state index is -0.342. The van der Waals surface area contributed by atoms with E-state index in [1.807, 2.05) is 18.2 Å². The molecule has 0 spiro atoms. The van der Waals surface area contributed by atoms with Gasteiger partial charge in [0.2, 0.25) is 0 Å². The quantitative estimate of drug-likeness (QED) is 0.655. The molecule has 1 amide bonds. The predicted molar refractivity (Wildman–Crippen MR) is 68.2 cm³/mol. The van der Waals surface area contributed by atoms with Crippen LogP contribution in [0.2, 0.25) is 0 Å². The van der Waals surface area contributed by atoms with E-state index in [4.69, 9.17) is 0 Å². The zero-order valence-corrected chi connectivity index (χ0v) is 9.87. The number of hydrogen-bond donors (Lipinski definition) is 1. The molecule has 0 bridgehead atoms. The molecule has 0 aliphatic rings. The van der Waals surface area contributed by atoms with Crippen molar-refractivity contribution in [3.63, 3.8) is 0 Å². The maximum absolute atomic E-state index is 11.7. The number of pyridine rings is 2. The fraction of sp³-hybridized carbons (Fsp3) is 0.0769. The Hall–Kier alpha value is -2.56. The molecule has 0 unspecified atom stereocenters. The van der Waals surface area contributed by atoms with E-state index in [0.29, 0.717) is 11.4 Å². The van der Waals surface area contributed by atoms with E-state index < -0.39 is 0 Å². The van der Waals surface area contributed by atoms with Gasteiger partial charge in [-0.25, -0.2) is 5.43 Å². The molecule has 2 aromatic rings. The molecule has 0 saturated carbocycles. The molecule has 18 heavy (non-hydrogen) atoms. The molecule has 0 fully saturated rings. The lowest BCUT2D eigenvalue weighted by Gasteiger charge is -2.01. The molecule has 2 heterocycles. The van der Waals surface area contributed by atoms with Crippen LogP contribution in [0.3, 0.4) is 0 Å². The Morgan fingerprint density at radius 3 is 2.22 bits per heavy atom. The van der Waals surface area contributed by atoms with Crippen LogP contribution in [-0.4, -0.2) is 21.6 Å². The number of rotatable bonds is 3. The van der Waals surface area contributed by atoms with Gasteiger partial charge in [-0.2, -0.15) is 5.10 Å². The van der Waals surface area contributed by atoms with E-state index in [2.05, 4.69) is 20.5 Å². The molecule has 2 aromatic heterocycles. The number of aromatic nitrogens is 2. The fourth-order valence-electron chi connectivity index (χ4n) is 1.32. The van der Waals surface area contributed by atoms with Gasteiger partial charge in [0.05, 0.1) is 11.4 Å². The van der Waals surface area contributed by atoms with Gasteiger partial charge >= 0.3 is 0 Å². The van der Waals surface area contributed by atoms with E-state index in [9.17, 15) is 4.79 Å². The van der Waals surface area contributed by atoms with Crippen molar-refractivity contribution < 1.29 is 4.79 Å². The summed E-state index contributed by atoms with van der Waals surface area (Å²) < 4.78 is 0. The third-order valence-corrected chi connectivity index (χ3v) is 2.26. The Morgan fingerprint density at radius 2 is 1.67 bits per heavy atom. The lowest BCUT2D eigenvalue weighted by atomic mass is 10.3. The number of nitrogens with zero attached hydrogens (tertiary/aromatic N) is 3. The molecule has 0 aliphatic carbocycles. The van der Waals surface area contributed by atoms with Crippen LogP contribution in [0.4, 0.5) is 0 Å². The van der Waals surface area contributed by atoms with E-state index in [1.165, 1.54) is 0 Å². The van der Waals surface area contributed by atoms with Crippen LogP contribution in [0.1, 0.15) is 23.1 Å². The Morgan fingerprint density at radius 1 is 1.06 bits per heavy atom. The number of nitrogens with one attached hydrogen (secondary N) is 1. The first-order chi connectivity index (χ1) is 8.77. The molecule has 0 atom stereocenters. The van der Waals surface area contributed by atoms with Gasteiger partial charge in [0, 0.05) is 12.4 Å². The van der Waals surface area contributed by atoms with Crippen LogP contribution in [0.25, 0.3) is 0 Å². The van der Waals surface area contributed by atoms with Crippen molar-refractivity contribution in [2.45, 2.75) is 6.92 Å². The summed E-state index contributed by atoms with van der Waals surface area (Å²) in [7, 11) is 0. The second kappa shape index (κ2) is 5.67. The Balaban J connectivity index is 2.05. The van der Waals surface area contributed by atoms with Crippen LogP contribution in [-0.2, 0) is 0 Å². The third kappa shape index (κ3) is 2.98. The van der Waals surface area contributed by atoms with Crippen molar-refractivity contribution in [3.05, 3.63) is 60.2 Å². The van der Waals surface area contributed by atoms with E-state index in [-0.39, 0.29) is 5.91 Å². The molecule has 0 saturated heterocycles. The highest BCUT2D eigenvalue weighted by atomic mass is 16.2. The van der Waals surface area contributed by atoms with Crippen molar-refractivity contribution in [1.29, 1.82) is 0 Å². The zero-order chi connectivity index (χ0) is 12.8. The summed E-state index contributed by atoms with van der Waals surface area (Å²) in [6.45, 7) is 1.78. The summed E-state index contributed by atoms with van der Waals surface area (Å²) in [5, 5.41) is 3.99. The predicted octanol–water partition coefficient (Wildman–Crippen LogP) is 1.63. The van der Waals surface area contributed by atoms with Crippen LogP contribution >= 0.6 is 0 Å². The highest BCUT2D eigenvalue weighted by Gasteiger charge is 2.05. The summed E-state index contributed by atoms with van der Waals surface area (Å²) in [5.41, 5.74) is 4.13. The van der Waals surface area contributed by atoms with Crippen molar-refractivity contribution in [2.75, 3.05) is 0 Å². The average molecular weight is 240 g/mol. The maximum Gasteiger partial charge on any atom is 0.289 e. The molecule has 0 aromatic carbocycles. The normalized spacial score (nSPS) is 11.1.